The van der Waals surface area contributed by atoms with Crippen molar-refractivity contribution in [1.29, 1.82) is 0 Å². The van der Waals surface area contributed by atoms with Crippen molar-refractivity contribution in [2.24, 2.45) is 0 Å². The minimum atomic E-state index is 0.152. The molecule has 0 bridgehead atoms. The number of amides is 1. The van der Waals surface area contributed by atoms with Crippen molar-refractivity contribution in [3.63, 3.8) is 0 Å². The van der Waals surface area contributed by atoms with Gasteiger partial charge in [-0.15, -0.1) is 10.2 Å². The van der Waals surface area contributed by atoms with Crippen molar-refractivity contribution in [3.8, 4) is 0 Å². The van der Waals surface area contributed by atoms with Crippen LogP contribution in [0.4, 0.5) is 0 Å². The molecule has 0 unspecified atom stereocenters. The number of hydrogen-bond acceptors (Lipinski definition) is 4. The summed E-state index contributed by atoms with van der Waals surface area (Å²) in [5.74, 6) is 2.02. The third-order valence-electron chi connectivity index (χ3n) is 4.49. The van der Waals surface area contributed by atoms with Crippen LogP contribution in [0.15, 0.2) is 11.6 Å². The van der Waals surface area contributed by atoms with Crippen molar-refractivity contribution in [1.82, 2.24) is 19.7 Å². The normalized spacial score (nSPS) is 21.5. The number of rotatable bonds is 4. The lowest BCUT2D eigenvalue weighted by Gasteiger charge is -2.27. The van der Waals surface area contributed by atoms with Gasteiger partial charge in [0.2, 0.25) is 5.91 Å². The van der Waals surface area contributed by atoms with E-state index in [-0.39, 0.29) is 11.9 Å². The number of aromatic nitrogens is 3. The monoisotopic (exact) mass is 304 g/mol. The highest BCUT2D eigenvalue weighted by Gasteiger charge is 2.29. The first-order valence-corrected chi connectivity index (χ1v) is 8.19. The average Bonchev–Trinajstić information content (AvgIpc) is 3.13. The molecule has 0 aromatic carbocycles. The first-order valence-electron chi connectivity index (χ1n) is 8.19. The van der Waals surface area contributed by atoms with Gasteiger partial charge in [-0.05, 0) is 33.1 Å². The Morgan fingerprint density at radius 2 is 2.27 bits per heavy atom. The van der Waals surface area contributed by atoms with Gasteiger partial charge in [0.05, 0.1) is 0 Å². The zero-order chi connectivity index (χ0) is 15.5. The van der Waals surface area contributed by atoms with Gasteiger partial charge in [-0.25, -0.2) is 0 Å². The van der Waals surface area contributed by atoms with E-state index < -0.39 is 0 Å². The van der Waals surface area contributed by atoms with Crippen molar-refractivity contribution in [3.05, 3.63) is 23.3 Å². The molecular formula is C16H24N4O2. The second kappa shape index (κ2) is 6.60. The van der Waals surface area contributed by atoms with E-state index in [0.29, 0.717) is 19.8 Å². The third kappa shape index (κ3) is 2.92. The molecule has 1 amide bonds. The van der Waals surface area contributed by atoms with E-state index in [1.807, 2.05) is 11.8 Å². The quantitative estimate of drug-likeness (QED) is 0.849. The van der Waals surface area contributed by atoms with Crippen molar-refractivity contribution >= 4 is 5.91 Å². The molecule has 0 spiro atoms. The topological polar surface area (TPSA) is 60.3 Å². The summed E-state index contributed by atoms with van der Waals surface area (Å²) in [6, 6.07) is 0.152. The summed E-state index contributed by atoms with van der Waals surface area (Å²) in [6.45, 7) is 6.67. The zero-order valence-corrected chi connectivity index (χ0v) is 13.4. The maximum atomic E-state index is 12.7. The molecule has 120 valence electrons. The summed E-state index contributed by atoms with van der Waals surface area (Å²) in [4.78, 5) is 14.7. The second-order valence-corrected chi connectivity index (χ2v) is 5.99. The highest BCUT2D eigenvalue weighted by atomic mass is 16.5. The number of carbonyl (C=O) groups is 1. The second-order valence-electron chi connectivity index (χ2n) is 5.99. The SMILES string of the molecule is CCOCc1nnc2n1CCN(C(=O)C1=CCCC1)[C@@H](C)C2. The molecule has 2 heterocycles. The zero-order valence-electron chi connectivity index (χ0n) is 13.4. The van der Waals surface area contributed by atoms with Crippen LogP contribution in [-0.2, 0) is 29.1 Å². The molecule has 2 aliphatic rings. The van der Waals surface area contributed by atoms with Gasteiger partial charge in [-0.1, -0.05) is 6.08 Å². The molecule has 3 rings (SSSR count). The summed E-state index contributed by atoms with van der Waals surface area (Å²) in [5.41, 5.74) is 0.985. The number of allylic oxidation sites excluding steroid dienone is 1. The van der Waals surface area contributed by atoms with Crippen molar-refractivity contribution in [2.45, 2.75) is 58.7 Å². The van der Waals surface area contributed by atoms with Crippen molar-refractivity contribution < 1.29 is 9.53 Å². The molecule has 6 heteroatoms. The Kier molecular flexibility index (Phi) is 4.57. The summed E-state index contributed by atoms with van der Waals surface area (Å²) in [5, 5.41) is 8.52. The molecule has 6 nitrogen and oxygen atoms in total. The van der Waals surface area contributed by atoms with Crippen LogP contribution in [-0.4, -0.2) is 44.8 Å². The van der Waals surface area contributed by atoms with Gasteiger partial charge >= 0.3 is 0 Å². The number of nitrogens with zero attached hydrogens (tertiary/aromatic N) is 4. The third-order valence-corrected chi connectivity index (χ3v) is 4.49. The Morgan fingerprint density at radius 3 is 3.00 bits per heavy atom. The Labute approximate surface area is 131 Å². The van der Waals surface area contributed by atoms with E-state index in [9.17, 15) is 4.79 Å². The predicted molar refractivity (Wildman–Crippen MR) is 82.2 cm³/mol. The molecule has 1 aromatic heterocycles. The maximum absolute atomic E-state index is 12.7. The van der Waals surface area contributed by atoms with Gasteiger partial charge in [0, 0.05) is 37.7 Å². The van der Waals surface area contributed by atoms with Gasteiger partial charge in [0.1, 0.15) is 12.4 Å². The van der Waals surface area contributed by atoms with Crippen LogP contribution < -0.4 is 0 Å². The summed E-state index contributed by atoms with van der Waals surface area (Å²) < 4.78 is 7.57. The Bertz CT molecular complexity index is 579. The maximum Gasteiger partial charge on any atom is 0.249 e. The molecule has 1 aromatic rings. The molecule has 22 heavy (non-hydrogen) atoms. The first kappa shape index (κ1) is 15.2. The van der Waals surface area contributed by atoms with Gasteiger partial charge in [-0.2, -0.15) is 0 Å². The smallest absolute Gasteiger partial charge is 0.249 e. The Balaban J connectivity index is 1.74. The van der Waals surface area contributed by atoms with E-state index in [1.165, 1.54) is 0 Å². The highest BCUT2D eigenvalue weighted by Crippen LogP contribution is 2.23. The summed E-state index contributed by atoms with van der Waals surface area (Å²) >= 11 is 0. The molecule has 1 aliphatic carbocycles. The van der Waals surface area contributed by atoms with Gasteiger partial charge in [-0.3, -0.25) is 4.79 Å². The van der Waals surface area contributed by atoms with Crippen LogP contribution in [0.1, 0.15) is 44.8 Å². The standard InChI is InChI=1S/C16H24N4O2/c1-3-22-11-15-18-17-14-10-12(2)19(8-9-20(14)15)16(21)13-6-4-5-7-13/h6,12H,3-5,7-11H2,1-2H3/t12-/m0/s1. The van der Waals surface area contributed by atoms with E-state index in [0.717, 1.165) is 49.4 Å². The molecule has 0 N–H and O–H groups in total. The van der Waals surface area contributed by atoms with E-state index in [4.69, 9.17) is 4.74 Å². The van der Waals surface area contributed by atoms with E-state index in [1.54, 1.807) is 0 Å². The van der Waals surface area contributed by atoms with Gasteiger partial charge in [0.25, 0.3) is 0 Å². The summed E-state index contributed by atoms with van der Waals surface area (Å²) in [6.07, 6.45) is 5.91. The number of fused-ring (bicyclic) bond motifs is 1. The van der Waals surface area contributed by atoms with E-state index >= 15 is 0 Å². The van der Waals surface area contributed by atoms with Crippen LogP contribution in [0, 0.1) is 0 Å². The molecule has 1 aliphatic heterocycles. The van der Waals surface area contributed by atoms with Gasteiger partial charge < -0.3 is 14.2 Å². The van der Waals surface area contributed by atoms with Crippen LogP contribution >= 0.6 is 0 Å². The molecular weight excluding hydrogens is 280 g/mol. The van der Waals surface area contributed by atoms with Crippen LogP contribution in [0.5, 0.6) is 0 Å². The Morgan fingerprint density at radius 1 is 1.41 bits per heavy atom. The fourth-order valence-corrected chi connectivity index (χ4v) is 3.24. The lowest BCUT2D eigenvalue weighted by Crippen LogP contribution is -2.40. The average molecular weight is 304 g/mol. The highest BCUT2D eigenvalue weighted by molar-refractivity contribution is 5.94. The minimum absolute atomic E-state index is 0.152. The Hall–Kier alpha value is -1.69. The molecule has 0 saturated heterocycles. The van der Waals surface area contributed by atoms with Crippen LogP contribution in [0.3, 0.4) is 0 Å². The molecule has 1 atom stereocenters. The largest absolute Gasteiger partial charge is 0.374 e. The lowest BCUT2D eigenvalue weighted by atomic mass is 10.1. The minimum Gasteiger partial charge on any atom is -0.374 e. The van der Waals surface area contributed by atoms with Crippen LogP contribution in [0.2, 0.25) is 0 Å². The number of hydrogen-bond donors (Lipinski definition) is 0. The van der Waals surface area contributed by atoms with Crippen molar-refractivity contribution in [2.75, 3.05) is 13.2 Å². The van der Waals surface area contributed by atoms with E-state index in [2.05, 4.69) is 27.8 Å². The molecule has 0 radical (unpaired) electrons. The van der Waals surface area contributed by atoms with Gasteiger partial charge in [0.15, 0.2) is 5.82 Å². The number of carbonyl (C=O) groups excluding carboxylic acids is 1. The fraction of sp³-hybridized carbons (Fsp3) is 0.688. The molecule has 0 saturated carbocycles. The first-order chi connectivity index (χ1) is 10.7. The van der Waals surface area contributed by atoms with Crippen LogP contribution in [0.25, 0.3) is 0 Å². The predicted octanol–water partition coefficient (Wildman–Crippen LogP) is 1.70. The summed E-state index contributed by atoms with van der Waals surface area (Å²) in [7, 11) is 0. The lowest BCUT2D eigenvalue weighted by molar-refractivity contribution is -0.129. The molecule has 0 fully saturated rings. The fourth-order valence-electron chi connectivity index (χ4n) is 3.24. The number of ether oxygens (including phenoxy) is 1.